The number of aromatic nitrogens is 1. The van der Waals surface area contributed by atoms with Gasteiger partial charge in [0.1, 0.15) is 0 Å². The van der Waals surface area contributed by atoms with E-state index >= 15 is 0 Å². The summed E-state index contributed by atoms with van der Waals surface area (Å²) in [5.74, 6) is -0.469. The SMILES string of the molecule is CN(CCc1ccccn1)C[C@@H](O)[C@@H](c1ccccc1)[C@@H](O)c1ccc(CO)cc1. The molecule has 3 atom stereocenters. The van der Waals surface area contributed by atoms with E-state index in [-0.39, 0.29) is 6.61 Å². The third kappa shape index (κ3) is 5.97. The van der Waals surface area contributed by atoms with Crippen LogP contribution in [-0.4, -0.2) is 51.4 Å². The number of likely N-dealkylation sites (N-methyl/N-ethyl adjacent to an activating group) is 1. The molecule has 0 fully saturated rings. The molecule has 0 saturated heterocycles. The van der Waals surface area contributed by atoms with Crippen molar-refractivity contribution in [3.63, 3.8) is 0 Å². The lowest BCUT2D eigenvalue weighted by Gasteiger charge is -2.31. The van der Waals surface area contributed by atoms with Crippen LogP contribution in [0.1, 0.15) is 34.4 Å². The lowest BCUT2D eigenvalue weighted by atomic mass is 9.84. The standard InChI is InChI=1S/C25H30N2O3/c1-27(16-14-22-9-5-6-15-26-22)17-23(29)24(20-7-3-2-4-8-20)25(30)21-12-10-19(18-28)11-13-21/h2-13,15,23-25,28-30H,14,16-18H2,1H3/t23-,24-,25+/m1/s1. The predicted octanol–water partition coefficient (Wildman–Crippen LogP) is 2.93. The van der Waals surface area contributed by atoms with Crippen LogP contribution < -0.4 is 0 Å². The van der Waals surface area contributed by atoms with Crippen LogP contribution >= 0.6 is 0 Å². The molecular formula is C25H30N2O3. The van der Waals surface area contributed by atoms with E-state index < -0.39 is 18.1 Å². The third-order valence-electron chi connectivity index (χ3n) is 5.42. The largest absolute Gasteiger partial charge is 0.392 e. The van der Waals surface area contributed by atoms with Crippen molar-refractivity contribution in [3.8, 4) is 0 Å². The Labute approximate surface area is 178 Å². The molecule has 3 N–H and O–H groups in total. The van der Waals surface area contributed by atoms with E-state index in [1.165, 1.54) is 0 Å². The Hall–Kier alpha value is -2.57. The molecule has 0 aliphatic carbocycles. The highest BCUT2D eigenvalue weighted by Gasteiger charge is 2.30. The summed E-state index contributed by atoms with van der Waals surface area (Å²) in [6.45, 7) is 1.15. The molecule has 0 saturated carbocycles. The highest BCUT2D eigenvalue weighted by Crippen LogP contribution is 2.34. The van der Waals surface area contributed by atoms with Crippen LogP contribution in [-0.2, 0) is 13.0 Å². The summed E-state index contributed by atoms with van der Waals surface area (Å²) in [6.07, 6.45) is 0.965. The van der Waals surface area contributed by atoms with Crippen molar-refractivity contribution in [3.05, 3.63) is 101 Å². The minimum atomic E-state index is -0.862. The monoisotopic (exact) mass is 406 g/mol. The molecule has 0 amide bonds. The van der Waals surface area contributed by atoms with Gasteiger partial charge >= 0.3 is 0 Å². The first-order valence-corrected chi connectivity index (χ1v) is 10.3. The number of rotatable bonds is 10. The highest BCUT2D eigenvalue weighted by molar-refractivity contribution is 5.30. The Kier molecular flexibility index (Phi) is 8.11. The van der Waals surface area contributed by atoms with Crippen LogP contribution in [0.3, 0.4) is 0 Å². The molecule has 2 aromatic carbocycles. The Morgan fingerprint density at radius 2 is 1.57 bits per heavy atom. The summed E-state index contributed by atoms with van der Waals surface area (Å²) in [5, 5.41) is 31.5. The molecule has 3 rings (SSSR count). The lowest BCUT2D eigenvalue weighted by molar-refractivity contribution is 0.0340. The van der Waals surface area contributed by atoms with E-state index in [0.717, 1.165) is 35.3 Å². The van der Waals surface area contributed by atoms with Crippen molar-refractivity contribution in [1.29, 1.82) is 0 Å². The molecule has 158 valence electrons. The third-order valence-corrected chi connectivity index (χ3v) is 5.42. The van der Waals surface area contributed by atoms with Crippen molar-refractivity contribution in [2.45, 2.75) is 31.2 Å². The van der Waals surface area contributed by atoms with Crippen LogP contribution in [0.4, 0.5) is 0 Å². The zero-order chi connectivity index (χ0) is 21.3. The van der Waals surface area contributed by atoms with Gasteiger partial charge in [-0.05, 0) is 35.9 Å². The molecule has 5 nitrogen and oxygen atoms in total. The van der Waals surface area contributed by atoms with Crippen molar-refractivity contribution in [2.24, 2.45) is 0 Å². The molecule has 5 heteroatoms. The molecule has 30 heavy (non-hydrogen) atoms. The maximum atomic E-state index is 11.1. The van der Waals surface area contributed by atoms with E-state index in [9.17, 15) is 15.3 Å². The van der Waals surface area contributed by atoms with Crippen LogP contribution in [0.2, 0.25) is 0 Å². The molecule has 0 aliphatic heterocycles. The maximum Gasteiger partial charge on any atom is 0.0883 e. The van der Waals surface area contributed by atoms with Gasteiger partial charge < -0.3 is 20.2 Å². The van der Waals surface area contributed by atoms with Crippen LogP contribution in [0, 0.1) is 0 Å². The van der Waals surface area contributed by atoms with Gasteiger partial charge in [0.2, 0.25) is 0 Å². The first kappa shape index (κ1) is 22.1. The zero-order valence-corrected chi connectivity index (χ0v) is 17.3. The lowest BCUT2D eigenvalue weighted by Crippen LogP contribution is -2.36. The Morgan fingerprint density at radius 3 is 2.20 bits per heavy atom. The first-order valence-electron chi connectivity index (χ1n) is 10.3. The smallest absolute Gasteiger partial charge is 0.0883 e. The predicted molar refractivity (Wildman–Crippen MR) is 118 cm³/mol. The minimum Gasteiger partial charge on any atom is -0.392 e. The number of hydrogen-bond donors (Lipinski definition) is 3. The van der Waals surface area contributed by atoms with Crippen molar-refractivity contribution < 1.29 is 15.3 Å². The van der Waals surface area contributed by atoms with E-state index in [2.05, 4.69) is 9.88 Å². The molecule has 1 aromatic heterocycles. The number of aliphatic hydroxyl groups excluding tert-OH is 3. The Bertz CT molecular complexity index is 872. The number of aliphatic hydroxyl groups is 3. The van der Waals surface area contributed by atoms with E-state index in [1.807, 2.05) is 67.7 Å². The fourth-order valence-electron chi connectivity index (χ4n) is 3.69. The van der Waals surface area contributed by atoms with Crippen molar-refractivity contribution in [2.75, 3.05) is 20.1 Å². The molecule has 3 aromatic rings. The molecule has 0 radical (unpaired) electrons. The van der Waals surface area contributed by atoms with Gasteiger partial charge in [0.05, 0.1) is 18.8 Å². The van der Waals surface area contributed by atoms with Gasteiger partial charge in [0.25, 0.3) is 0 Å². The van der Waals surface area contributed by atoms with Gasteiger partial charge in [-0.2, -0.15) is 0 Å². The molecule has 0 unspecified atom stereocenters. The average Bonchev–Trinajstić information content (AvgIpc) is 2.79. The zero-order valence-electron chi connectivity index (χ0n) is 17.3. The number of hydrogen-bond acceptors (Lipinski definition) is 5. The van der Waals surface area contributed by atoms with Crippen molar-refractivity contribution >= 4 is 0 Å². The first-order chi connectivity index (χ1) is 14.6. The van der Waals surface area contributed by atoms with E-state index in [1.54, 1.807) is 18.3 Å². The van der Waals surface area contributed by atoms with Gasteiger partial charge in [-0.1, -0.05) is 60.7 Å². The Balaban J connectivity index is 1.72. The fourth-order valence-corrected chi connectivity index (χ4v) is 3.69. The van der Waals surface area contributed by atoms with Gasteiger partial charge in [-0.25, -0.2) is 0 Å². The van der Waals surface area contributed by atoms with Crippen molar-refractivity contribution in [1.82, 2.24) is 9.88 Å². The van der Waals surface area contributed by atoms with Gasteiger partial charge in [0.15, 0.2) is 0 Å². The fraction of sp³-hybridized carbons (Fsp3) is 0.320. The van der Waals surface area contributed by atoms with E-state index in [0.29, 0.717) is 6.54 Å². The Morgan fingerprint density at radius 1 is 0.867 bits per heavy atom. The normalized spacial score (nSPS) is 14.4. The van der Waals surface area contributed by atoms with Gasteiger partial charge in [-0.15, -0.1) is 0 Å². The summed E-state index contributed by atoms with van der Waals surface area (Å²) >= 11 is 0. The average molecular weight is 407 g/mol. The molecular weight excluding hydrogens is 376 g/mol. The number of benzene rings is 2. The second-order valence-corrected chi connectivity index (χ2v) is 7.68. The quantitative estimate of drug-likeness (QED) is 0.483. The number of pyridine rings is 1. The van der Waals surface area contributed by atoms with Crippen LogP contribution in [0.25, 0.3) is 0 Å². The summed E-state index contributed by atoms with van der Waals surface area (Å²) < 4.78 is 0. The van der Waals surface area contributed by atoms with Crippen LogP contribution in [0.5, 0.6) is 0 Å². The summed E-state index contributed by atoms with van der Waals surface area (Å²) in [5.41, 5.74) is 3.41. The van der Waals surface area contributed by atoms with Gasteiger partial charge in [-0.3, -0.25) is 4.98 Å². The summed E-state index contributed by atoms with van der Waals surface area (Å²) in [7, 11) is 1.97. The topological polar surface area (TPSA) is 76.8 Å². The molecule has 0 bridgehead atoms. The molecule has 0 spiro atoms. The number of nitrogens with zero attached hydrogens (tertiary/aromatic N) is 2. The van der Waals surface area contributed by atoms with Gasteiger partial charge in [0, 0.05) is 37.3 Å². The molecule has 1 heterocycles. The molecule has 0 aliphatic rings. The second kappa shape index (κ2) is 11.0. The minimum absolute atomic E-state index is 0.0395. The van der Waals surface area contributed by atoms with E-state index in [4.69, 9.17) is 0 Å². The highest BCUT2D eigenvalue weighted by atomic mass is 16.3. The summed E-state index contributed by atoms with van der Waals surface area (Å²) in [6, 6.07) is 22.7. The maximum absolute atomic E-state index is 11.1. The summed E-state index contributed by atoms with van der Waals surface area (Å²) in [4.78, 5) is 6.41. The second-order valence-electron chi connectivity index (χ2n) is 7.68. The van der Waals surface area contributed by atoms with Crippen LogP contribution in [0.15, 0.2) is 79.0 Å².